The Morgan fingerprint density at radius 1 is 1.19 bits per heavy atom. The zero-order valence-corrected chi connectivity index (χ0v) is 15.1. The predicted octanol–water partition coefficient (Wildman–Crippen LogP) is 3.06. The normalized spacial score (nSPS) is 17.1. The molecule has 3 rings (SSSR count). The van der Waals surface area contributed by atoms with E-state index in [4.69, 9.17) is 0 Å². The number of nitrogens with one attached hydrogen (secondary N) is 1. The number of rotatable bonds is 5. The Hall–Kier alpha value is -2.95. The highest BCUT2D eigenvalue weighted by atomic mass is 16.2. The van der Waals surface area contributed by atoms with Crippen LogP contribution in [0.4, 0.5) is 5.69 Å². The summed E-state index contributed by atoms with van der Waals surface area (Å²) in [5, 5.41) is 4.02. The number of anilines is 1. The highest BCUT2D eigenvalue weighted by molar-refractivity contribution is 6.00. The van der Waals surface area contributed by atoms with E-state index in [0.29, 0.717) is 6.54 Å². The summed E-state index contributed by atoms with van der Waals surface area (Å²) in [6, 6.07) is 15.8. The molecule has 26 heavy (non-hydrogen) atoms. The van der Waals surface area contributed by atoms with Crippen molar-refractivity contribution in [1.82, 2.24) is 5.43 Å². The summed E-state index contributed by atoms with van der Waals surface area (Å²) in [6.45, 7) is 4.49. The first-order valence-electron chi connectivity index (χ1n) is 8.85. The number of carbonyl (C=O) groups is 2. The summed E-state index contributed by atoms with van der Waals surface area (Å²) in [5.74, 6) is -0.647. The van der Waals surface area contributed by atoms with Gasteiger partial charge in [0.25, 0.3) is 0 Å². The fraction of sp³-hybridized carbons (Fsp3) is 0.286. The van der Waals surface area contributed by atoms with E-state index in [-0.39, 0.29) is 24.2 Å². The van der Waals surface area contributed by atoms with E-state index in [2.05, 4.69) is 17.5 Å². The molecule has 1 atom stereocenters. The molecule has 1 saturated heterocycles. The van der Waals surface area contributed by atoms with Crippen molar-refractivity contribution in [2.45, 2.75) is 26.7 Å². The maximum absolute atomic E-state index is 12.3. The minimum atomic E-state index is -0.386. The van der Waals surface area contributed by atoms with E-state index >= 15 is 0 Å². The van der Waals surface area contributed by atoms with Crippen LogP contribution in [0.1, 0.15) is 30.0 Å². The van der Waals surface area contributed by atoms with Crippen LogP contribution in [0.5, 0.6) is 0 Å². The number of hydrazone groups is 1. The van der Waals surface area contributed by atoms with Crippen molar-refractivity contribution in [3.05, 3.63) is 65.2 Å². The molecule has 5 nitrogen and oxygen atoms in total. The van der Waals surface area contributed by atoms with E-state index in [1.807, 2.05) is 55.5 Å². The van der Waals surface area contributed by atoms with Gasteiger partial charge >= 0.3 is 0 Å². The van der Waals surface area contributed by atoms with Crippen LogP contribution in [0.15, 0.2) is 53.6 Å². The summed E-state index contributed by atoms with van der Waals surface area (Å²) < 4.78 is 0. The first-order chi connectivity index (χ1) is 12.6. The van der Waals surface area contributed by atoms with Gasteiger partial charge in [0.2, 0.25) is 11.8 Å². The van der Waals surface area contributed by atoms with Crippen molar-refractivity contribution >= 4 is 23.7 Å². The second-order valence-electron chi connectivity index (χ2n) is 6.57. The molecule has 1 N–H and O–H groups in total. The van der Waals surface area contributed by atoms with Gasteiger partial charge in [0.05, 0.1) is 12.1 Å². The average Bonchev–Trinajstić information content (AvgIpc) is 3.05. The maximum Gasteiger partial charge on any atom is 0.245 e. The van der Waals surface area contributed by atoms with Crippen LogP contribution in [0.3, 0.4) is 0 Å². The first kappa shape index (κ1) is 17.9. The van der Waals surface area contributed by atoms with Crippen molar-refractivity contribution in [1.29, 1.82) is 0 Å². The number of hydrogen-bond donors (Lipinski definition) is 1. The molecule has 0 aromatic heterocycles. The predicted molar refractivity (Wildman–Crippen MR) is 103 cm³/mol. The lowest BCUT2D eigenvalue weighted by atomic mass is 10.1. The Morgan fingerprint density at radius 2 is 1.88 bits per heavy atom. The van der Waals surface area contributed by atoms with Gasteiger partial charge in [-0.15, -0.1) is 0 Å². The third kappa shape index (κ3) is 4.17. The van der Waals surface area contributed by atoms with E-state index in [1.165, 1.54) is 5.56 Å². The quantitative estimate of drug-likeness (QED) is 0.666. The van der Waals surface area contributed by atoms with Crippen molar-refractivity contribution in [2.24, 2.45) is 11.0 Å². The highest BCUT2D eigenvalue weighted by Gasteiger charge is 2.35. The third-order valence-corrected chi connectivity index (χ3v) is 4.62. The molecular formula is C21H23N3O2. The average molecular weight is 349 g/mol. The summed E-state index contributed by atoms with van der Waals surface area (Å²) in [4.78, 5) is 26.2. The number of amides is 2. The van der Waals surface area contributed by atoms with Crippen LogP contribution >= 0.6 is 0 Å². The lowest BCUT2D eigenvalue weighted by molar-refractivity contribution is -0.126. The Balaban J connectivity index is 1.57. The molecule has 2 aromatic rings. The molecule has 134 valence electrons. The summed E-state index contributed by atoms with van der Waals surface area (Å²) in [7, 11) is 0. The first-order valence-corrected chi connectivity index (χ1v) is 8.85. The Bertz CT molecular complexity index is 810. The number of hydrogen-bond acceptors (Lipinski definition) is 3. The SMILES string of the molecule is CCc1ccc(/C=N\NC(=O)[C@@H]2CC(=O)N(c3ccc(C)cc3)C2)cc1. The smallest absolute Gasteiger partial charge is 0.245 e. The summed E-state index contributed by atoms with van der Waals surface area (Å²) in [6.07, 6.45) is 2.81. The van der Waals surface area contributed by atoms with E-state index in [9.17, 15) is 9.59 Å². The van der Waals surface area contributed by atoms with Crippen LogP contribution in [0.25, 0.3) is 0 Å². The molecule has 2 aromatic carbocycles. The monoisotopic (exact) mass is 349 g/mol. The van der Waals surface area contributed by atoms with E-state index < -0.39 is 0 Å². The third-order valence-electron chi connectivity index (χ3n) is 4.62. The molecule has 0 unspecified atom stereocenters. The van der Waals surface area contributed by atoms with Gasteiger partial charge < -0.3 is 4.90 Å². The number of nitrogens with zero attached hydrogens (tertiary/aromatic N) is 2. The maximum atomic E-state index is 12.3. The van der Waals surface area contributed by atoms with Crippen LogP contribution in [0.2, 0.25) is 0 Å². The fourth-order valence-electron chi connectivity index (χ4n) is 2.96. The molecule has 5 heteroatoms. The van der Waals surface area contributed by atoms with Crippen LogP contribution < -0.4 is 10.3 Å². The van der Waals surface area contributed by atoms with Crippen molar-refractivity contribution in [3.63, 3.8) is 0 Å². The van der Waals surface area contributed by atoms with E-state index in [1.54, 1.807) is 11.1 Å². The van der Waals surface area contributed by atoms with Gasteiger partial charge in [0.1, 0.15) is 0 Å². The number of carbonyl (C=O) groups excluding carboxylic acids is 2. The second kappa shape index (κ2) is 7.95. The van der Waals surface area contributed by atoms with Gasteiger partial charge in [0.15, 0.2) is 0 Å². The Morgan fingerprint density at radius 3 is 2.54 bits per heavy atom. The molecule has 1 fully saturated rings. The standard InChI is InChI=1S/C21H23N3O2/c1-3-16-6-8-17(9-7-16)13-22-23-21(26)18-12-20(25)24(14-18)19-10-4-15(2)5-11-19/h4-11,13,18H,3,12,14H2,1-2H3,(H,23,26)/b22-13-/t18-/m1/s1. The Kier molecular flexibility index (Phi) is 5.46. The lowest BCUT2D eigenvalue weighted by Gasteiger charge is -2.16. The molecule has 0 bridgehead atoms. The van der Waals surface area contributed by atoms with Gasteiger partial charge in [-0.2, -0.15) is 5.10 Å². The zero-order valence-electron chi connectivity index (χ0n) is 15.1. The van der Waals surface area contributed by atoms with E-state index in [0.717, 1.165) is 23.2 Å². The van der Waals surface area contributed by atoms with Crippen LogP contribution in [-0.4, -0.2) is 24.6 Å². The Labute approximate surface area is 153 Å². The van der Waals surface area contributed by atoms with Gasteiger partial charge in [-0.1, -0.05) is 48.9 Å². The fourth-order valence-corrected chi connectivity index (χ4v) is 2.96. The van der Waals surface area contributed by atoms with Gasteiger partial charge in [-0.25, -0.2) is 5.43 Å². The highest BCUT2D eigenvalue weighted by Crippen LogP contribution is 2.25. The van der Waals surface area contributed by atoms with Crippen LogP contribution in [0, 0.1) is 12.8 Å². The molecule has 2 amide bonds. The van der Waals surface area contributed by atoms with Gasteiger partial charge in [-0.05, 0) is 36.6 Å². The number of aryl methyl sites for hydroxylation is 2. The molecule has 0 saturated carbocycles. The molecule has 1 aliphatic heterocycles. The minimum Gasteiger partial charge on any atom is -0.312 e. The van der Waals surface area contributed by atoms with Gasteiger partial charge in [-0.3, -0.25) is 9.59 Å². The lowest BCUT2D eigenvalue weighted by Crippen LogP contribution is -2.30. The second-order valence-corrected chi connectivity index (χ2v) is 6.57. The molecule has 0 aliphatic carbocycles. The molecule has 0 spiro atoms. The minimum absolute atomic E-state index is 0.0341. The van der Waals surface area contributed by atoms with Crippen LogP contribution in [-0.2, 0) is 16.0 Å². The molecule has 1 aliphatic rings. The van der Waals surface area contributed by atoms with Crippen molar-refractivity contribution in [2.75, 3.05) is 11.4 Å². The summed E-state index contributed by atoms with van der Waals surface area (Å²) in [5.41, 5.74) is 6.70. The molecule has 0 radical (unpaired) electrons. The summed E-state index contributed by atoms with van der Waals surface area (Å²) >= 11 is 0. The largest absolute Gasteiger partial charge is 0.312 e. The van der Waals surface area contributed by atoms with Crippen molar-refractivity contribution in [3.8, 4) is 0 Å². The number of benzene rings is 2. The molecule has 1 heterocycles. The zero-order chi connectivity index (χ0) is 18.5. The van der Waals surface area contributed by atoms with Gasteiger partial charge in [0, 0.05) is 18.7 Å². The molecular weight excluding hydrogens is 326 g/mol. The van der Waals surface area contributed by atoms with Crippen molar-refractivity contribution < 1.29 is 9.59 Å². The topological polar surface area (TPSA) is 61.8 Å².